The van der Waals surface area contributed by atoms with E-state index in [4.69, 9.17) is 20.8 Å². The van der Waals surface area contributed by atoms with Crippen molar-refractivity contribution in [3.05, 3.63) is 23.1 Å². The van der Waals surface area contributed by atoms with Crippen LogP contribution in [0, 0.1) is 5.41 Å². The van der Waals surface area contributed by atoms with E-state index in [1.54, 1.807) is 6.07 Å². The second-order valence-electron chi connectivity index (χ2n) is 7.14. The van der Waals surface area contributed by atoms with Crippen LogP contribution in [0.5, 0.6) is 0 Å². The number of ether oxygens (including phenoxy) is 1. The smallest absolute Gasteiger partial charge is 0.248 e. The number of likely N-dealkylation sites (tertiary alicyclic amines) is 2. The molecule has 1 amide bonds. The number of aliphatic hydroxyl groups excluding tert-OH is 1. The summed E-state index contributed by atoms with van der Waals surface area (Å²) < 4.78 is 10.7. The van der Waals surface area contributed by atoms with Crippen LogP contribution < -0.4 is 0 Å². The maximum absolute atomic E-state index is 12.3. The predicted octanol–water partition coefficient (Wildman–Crippen LogP) is 2.14. The van der Waals surface area contributed by atoms with Gasteiger partial charge in [-0.3, -0.25) is 9.69 Å². The largest absolute Gasteiger partial charge is 0.448 e. The van der Waals surface area contributed by atoms with Crippen LogP contribution in [0.25, 0.3) is 0 Å². The SMILES string of the molecule is CCOCC(=O)N1CCC[C@@]2(CN(Cc3ccc(Cl)o3)CCC2O)C1. The van der Waals surface area contributed by atoms with Gasteiger partial charge in [0.2, 0.25) is 5.91 Å². The number of amides is 1. The number of hydrogen-bond acceptors (Lipinski definition) is 5. The molecule has 2 aliphatic heterocycles. The maximum atomic E-state index is 12.3. The van der Waals surface area contributed by atoms with Crippen LogP contribution in [0.15, 0.2) is 16.5 Å². The fourth-order valence-corrected chi connectivity index (χ4v) is 4.25. The fraction of sp³-hybridized carbons (Fsp3) is 0.722. The fourth-order valence-electron chi connectivity index (χ4n) is 4.09. The molecule has 0 radical (unpaired) electrons. The Hall–Kier alpha value is -1.08. The number of hydrogen-bond donors (Lipinski definition) is 1. The van der Waals surface area contributed by atoms with Crippen LogP contribution in [0.1, 0.15) is 31.9 Å². The Morgan fingerprint density at radius 1 is 1.44 bits per heavy atom. The summed E-state index contributed by atoms with van der Waals surface area (Å²) in [5.74, 6) is 0.847. The van der Waals surface area contributed by atoms with Crippen molar-refractivity contribution in [1.29, 1.82) is 0 Å². The quantitative estimate of drug-likeness (QED) is 0.860. The van der Waals surface area contributed by atoms with Gasteiger partial charge in [0.15, 0.2) is 5.22 Å². The zero-order chi connectivity index (χ0) is 17.9. The third-order valence-corrected chi connectivity index (χ3v) is 5.57. The topological polar surface area (TPSA) is 66.2 Å². The first-order valence-corrected chi connectivity index (χ1v) is 9.40. The first kappa shape index (κ1) is 18.7. The number of rotatable bonds is 5. The molecule has 0 bridgehead atoms. The van der Waals surface area contributed by atoms with Crippen molar-refractivity contribution in [2.45, 2.75) is 38.8 Å². The van der Waals surface area contributed by atoms with E-state index in [9.17, 15) is 9.90 Å². The lowest BCUT2D eigenvalue weighted by Gasteiger charge is -2.51. The highest BCUT2D eigenvalue weighted by Crippen LogP contribution is 2.39. The van der Waals surface area contributed by atoms with Crippen LogP contribution in [0.2, 0.25) is 5.22 Å². The molecule has 1 unspecified atom stereocenters. The van der Waals surface area contributed by atoms with Crippen molar-refractivity contribution in [2.75, 3.05) is 39.4 Å². The molecule has 25 heavy (non-hydrogen) atoms. The minimum absolute atomic E-state index is 0.0167. The third-order valence-electron chi connectivity index (χ3n) is 5.36. The lowest BCUT2D eigenvalue weighted by molar-refractivity contribution is -0.146. The van der Waals surface area contributed by atoms with Gasteiger partial charge in [0, 0.05) is 38.2 Å². The molecule has 1 aromatic rings. The van der Waals surface area contributed by atoms with Crippen molar-refractivity contribution in [2.24, 2.45) is 5.41 Å². The van der Waals surface area contributed by atoms with Crippen molar-refractivity contribution in [3.8, 4) is 0 Å². The molecular weight excluding hydrogens is 344 g/mol. The van der Waals surface area contributed by atoms with E-state index in [0.29, 0.717) is 31.3 Å². The average molecular weight is 371 g/mol. The van der Waals surface area contributed by atoms with Crippen LogP contribution in [-0.4, -0.2) is 66.3 Å². The summed E-state index contributed by atoms with van der Waals surface area (Å²) in [6.07, 6.45) is 2.17. The molecule has 2 aliphatic rings. The highest BCUT2D eigenvalue weighted by Gasteiger charge is 2.46. The summed E-state index contributed by atoms with van der Waals surface area (Å²) in [7, 11) is 0. The Balaban J connectivity index is 1.66. The Labute approximate surface area is 153 Å². The lowest BCUT2D eigenvalue weighted by Crippen LogP contribution is -2.59. The molecule has 0 aliphatic carbocycles. The van der Waals surface area contributed by atoms with E-state index in [-0.39, 0.29) is 24.0 Å². The van der Waals surface area contributed by atoms with Crippen molar-refractivity contribution in [3.63, 3.8) is 0 Å². The van der Waals surface area contributed by atoms with Crippen LogP contribution in [0.3, 0.4) is 0 Å². The number of piperidine rings is 2. The van der Waals surface area contributed by atoms with Gasteiger partial charge < -0.3 is 19.2 Å². The minimum atomic E-state index is -0.383. The van der Waals surface area contributed by atoms with Gasteiger partial charge >= 0.3 is 0 Å². The van der Waals surface area contributed by atoms with E-state index in [0.717, 1.165) is 38.2 Å². The number of aliphatic hydroxyl groups is 1. The number of halogens is 1. The summed E-state index contributed by atoms with van der Waals surface area (Å²) in [6, 6.07) is 3.64. The first-order chi connectivity index (χ1) is 12.0. The monoisotopic (exact) mass is 370 g/mol. The minimum Gasteiger partial charge on any atom is -0.448 e. The van der Waals surface area contributed by atoms with Crippen molar-refractivity contribution >= 4 is 17.5 Å². The molecule has 2 saturated heterocycles. The molecule has 0 saturated carbocycles. The number of carbonyl (C=O) groups excluding carboxylic acids is 1. The highest BCUT2D eigenvalue weighted by atomic mass is 35.5. The maximum Gasteiger partial charge on any atom is 0.248 e. The summed E-state index contributed by atoms with van der Waals surface area (Å²) in [5.41, 5.74) is -0.269. The lowest BCUT2D eigenvalue weighted by atomic mass is 9.71. The Morgan fingerprint density at radius 2 is 2.28 bits per heavy atom. The molecule has 1 spiro atoms. The standard InChI is InChI=1S/C18H27ClN2O4/c1-2-24-11-17(23)21-8-3-7-18(13-21)12-20(9-6-15(18)22)10-14-4-5-16(19)25-14/h4-5,15,22H,2-3,6-13H2,1H3/t15?,18-/m1/s1. The van der Waals surface area contributed by atoms with Crippen LogP contribution in [-0.2, 0) is 16.1 Å². The molecule has 1 aromatic heterocycles. The van der Waals surface area contributed by atoms with Gasteiger partial charge in [-0.1, -0.05) is 0 Å². The van der Waals surface area contributed by atoms with Gasteiger partial charge in [-0.25, -0.2) is 0 Å². The Bertz CT molecular complexity index is 593. The summed E-state index contributed by atoms with van der Waals surface area (Å²) in [6.45, 7) is 6.12. The van der Waals surface area contributed by atoms with Gasteiger partial charge in [-0.2, -0.15) is 0 Å². The summed E-state index contributed by atoms with van der Waals surface area (Å²) in [5, 5.41) is 11.1. The molecule has 3 heterocycles. The molecule has 3 rings (SSSR count). The average Bonchev–Trinajstić information content (AvgIpc) is 3.01. The molecular formula is C18H27ClN2O4. The summed E-state index contributed by atoms with van der Waals surface area (Å²) in [4.78, 5) is 16.5. The van der Waals surface area contributed by atoms with E-state index in [1.807, 2.05) is 17.9 Å². The van der Waals surface area contributed by atoms with Crippen molar-refractivity contribution < 1.29 is 19.1 Å². The predicted molar refractivity (Wildman–Crippen MR) is 94.4 cm³/mol. The molecule has 140 valence electrons. The zero-order valence-corrected chi connectivity index (χ0v) is 15.5. The molecule has 7 heteroatoms. The van der Waals surface area contributed by atoms with Gasteiger partial charge in [-0.15, -0.1) is 0 Å². The first-order valence-electron chi connectivity index (χ1n) is 9.02. The summed E-state index contributed by atoms with van der Waals surface area (Å²) >= 11 is 5.86. The van der Waals surface area contributed by atoms with Gasteiger partial charge in [-0.05, 0) is 49.9 Å². The molecule has 1 N–H and O–H groups in total. The second-order valence-corrected chi connectivity index (χ2v) is 7.51. The highest BCUT2D eigenvalue weighted by molar-refractivity contribution is 6.28. The van der Waals surface area contributed by atoms with Gasteiger partial charge in [0.05, 0.1) is 12.6 Å². The van der Waals surface area contributed by atoms with E-state index < -0.39 is 0 Å². The third kappa shape index (κ3) is 4.37. The zero-order valence-electron chi connectivity index (χ0n) is 14.7. The van der Waals surface area contributed by atoms with E-state index in [1.165, 1.54) is 0 Å². The van der Waals surface area contributed by atoms with E-state index in [2.05, 4.69) is 4.90 Å². The Kier molecular flexibility index (Phi) is 6.04. The van der Waals surface area contributed by atoms with Crippen LogP contribution in [0.4, 0.5) is 0 Å². The molecule has 2 atom stereocenters. The Morgan fingerprint density at radius 3 is 3.00 bits per heavy atom. The van der Waals surface area contributed by atoms with Gasteiger partial charge in [0.25, 0.3) is 0 Å². The molecule has 0 aromatic carbocycles. The second kappa shape index (κ2) is 8.08. The number of carbonyl (C=O) groups is 1. The van der Waals surface area contributed by atoms with E-state index >= 15 is 0 Å². The molecule has 6 nitrogen and oxygen atoms in total. The van der Waals surface area contributed by atoms with Crippen LogP contribution >= 0.6 is 11.6 Å². The number of furan rings is 1. The molecule has 2 fully saturated rings. The normalized spacial score (nSPS) is 27.8. The van der Waals surface area contributed by atoms with Crippen molar-refractivity contribution in [1.82, 2.24) is 9.80 Å². The number of nitrogens with zero attached hydrogens (tertiary/aromatic N) is 2. The van der Waals surface area contributed by atoms with Gasteiger partial charge in [0.1, 0.15) is 12.4 Å².